The van der Waals surface area contributed by atoms with Crippen LogP contribution in [0.5, 0.6) is 5.75 Å². The maximum Gasteiger partial charge on any atom is 0.311 e. The lowest BCUT2D eigenvalue weighted by atomic mass is 9.66. The van der Waals surface area contributed by atoms with Crippen LogP contribution in [0.25, 0.3) is 0 Å². The molecule has 5 atom stereocenters. The van der Waals surface area contributed by atoms with Crippen molar-refractivity contribution in [3.05, 3.63) is 24.3 Å². The van der Waals surface area contributed by atoms with Gasteiger partial charge in [-0.1, -0.05) is 12.8 Å². The monoisotopic (exact) mass is 504 g/mol. The number of carbonyl (C=O) groups excluding carboxylic acids is 3. The summed E-state index contributed by atoms with van der Waals surface area (Å²) in [6.07, 6.45) is 4.67. The fourth-order valence-corrected chi connectivity index (χ4v) is 8.53. The first-order valence-corrected chi connectivity index (χ1v) is 13.4. The van der Waals surface area contributed by atoms with E-state index in [2.05, 4.69) is 5.32 Å². The van der Waals surface area contributed by atoms with Crippen LogP contribution in [0.4, 0.5) is 5.69 Å². The molecule has 1 spiro atoms. The van der Waals surface area contributed by atoms with Gasteiger partial charge in [-0.25, -0.2) is 0 Å². The fraction of sp³-hybridized carbons (Fsp3) is 0.654. The molecule has 9 heteroatoms. The average molecular weight is 505 g/mol. The minimum atomic E-state index is -0.661. The Kier molecular flexibility index (Phi) is 7.66. The van der Waals surface area contributed by atoms with Crippen LogP contribution in [0.15, 0.2) is 24.3 Å². The fourth-order valence-electron chi connectivity index (χ4n) is 6.19. The molecule has 3 aliphatic heterocycles. The molecule has 35 heavy (non-hydrogen) atoms. The Morgan fingerprint density at radius 1 is 1.17 bits per heavy atom. The molecule has 3 fully saturated rings. The van der Waals surface area contributed by atoms with Gasteiger partial charge in [-0.15, -0.1) is 11.8 Å². The van der Waals surface area contributed by atoms with Crippen LogP contribution in [0, 0.1) is 11.8 Å². The molecular weight excluding hydrogens is 468 g/mol. The van der Waals surface area contributed by atoms with Crippen LogP contribution in [0.1, 0.15) is 52.4 Å². The molecule has 2 unspecified atom stereocenters. The molecule has 0 aromatic heterocycles. The number of anilines is 1. The number of carbonyl (C=O) groups is 3. The van der Waals surface area contributed by atoms with E-state index in [1.807, 2.05) is 6.92 Å². The van der Waals surface area contributed by atoms with Crippen LogP contribution < -0.4 is 10.1 Å². The van der Waals surface area contributed by atoms with E-state index < -0.39 is 27.4 Å². The Morgan fingerprint density at radius 3 is 2.54 bits per heavy atom. The molecule has 3 heterocycles. The zero-order valence-corrected chi connectivity index (χ0v) is 21.6. The molecule has 192 valence electrons. The summed E-state index contributed by atoms with van der Waals surface area (Å²) in [7, 11) is 1.59. The minimum absolute atomic E-state index is 0.115. The van der Waals surface area contributed by atoms with Crippen molar-refractivity contribution in [3.8, 4) is 5.75 Å². The van der Waals surface area contributed by atoms with E-state index in [1.54, 1.807) is 55.0 Å². The Bertz CT molecular complexity index is 956. The smallest absolute Gasteiger partial charge is 0.311 e. The summed E-state index contributed by atoms with van der Waals surface area (Å²) in [6, 6.07) is 6.46. The first-order chi connectivity index (χ1) is 16.8. The highest BCUT2D eigenvalue weighted by atomic mass is 32.2. The SMILES string of the molecule is CCOC(=O)[C@H]1[C@H]2C(=O)N(CCCCCCO)C(C(=O)Nc3ccc(OC)cc3)C23CC[C@]1(C)S3. The number of thioether (sulfide) groups is 1. The van der Waals surface area contributed by atoms with Crippen LogP contribution in [0.3, 0.4) is 0 Å². The predicted octanol–water partition coefficient (Wildman–Crippen LogP) is 3.23. The van der Waals surface area contributed by atoms with E-state index in [0.717, 1.165) is 32.1 Å². The lowest BCUT2D eigenvalue weighted by Crippen LogP contribution is -2.51. The summed E-state index contributed by atoms with van der Waals surface area (Å²) in [5.41, 5.74) is 0.636. The molecule has 1 aromatic rings. The highest BCUT2D eigenvalue weighted by Gasteiger charge is 2.77. The lowest BCUT2D eigenvalue weighted by molar-refractivity contribution is -0.155. The molecule has 3 aliphatic rings. The third kappa shape index (κ3) is 4.53. The number of nitrogens with zero attached hydrogens (tertiary/aromatic N) is 1. The van der Waals surface area contributed by atoms with Crippen molar-refractivity contribution in [1.29, 1.82) is 0 Å². The third-order valence-corrected chi connectivity index (χ3v) is 9.72. The highest BCUT2D eigenvalue weighted by molar-refractivity contribution is 8.02. The molecule has 1 aromatic carbocycles. The van der Waals surface area contributed by atoms with Gasteiger partial charge in [0.25, 0.3) is 0 Å². The van der Waals surface area contributed by atoms with Gasteiger partial charge in [0.2, 0.25) is 11.8 Å². The van der Waals surface area contributed by atoms with Gasteiger partial charge < -0.3 is 24.8 Å². The maximum atomic E-state index is 13.9. The largest absolute Gasteiger partial charge is 0.497 e. The molecule has 2 amide bonds. The van der Waals surface area contributed by atoms with E-state index >= 15 is 0 Å². The molecule has 2 N–H and O–H groups in total. The lowest BCUT2D eigenvalue weighted by Gasteiger charge is -2.34. The normalized spacial score (nSPS) is 30.9. The number of hydrogen-bond donors (Lipinski definition) is 2. The molecule has 4 rings (SSSR count). The number of likely N-dealkylation sites (tertiary alicyclic amines) is 1. The zero-order chi connectivity index (χ0) is 25.2. The van der Waals surface area contributed by atoms with Crippen molar-refractivity contribution in [3.63, 3.8) is 0 Å². The number of ether oxygens (including phenoxy) is 2. The van der Waals surface area contributed by atoms with Gasteiger partial charge in [-0.2, -0.15) is 0 Å². The summed E-state index contributed by atoms with van der Waals surface area (Å²) in [5, 5.41) is 12.1. The second kappa shape index (κ2) is 10.4. The number of methoxy groups -OCH3 is 1. The number of benzene rings is 1. The van der Waals surface area contributed by atoms with Crippen LogP contribution in [-0.2, 0) is 19.1 Å². The Balaban J connectivity index is 1.63. The number of unbranched alkanes of at least 4 members (excludes halogenated alkanes) is 3. The Morgan fingerprint density at radius 2 is 1.89 bits per heavy atom. The number of nitrogens with one attached hydrogen (secondary N) is 1. The van der Waals surface area contributed by atoms with Gasteiger partial charge in [0.05, 0.1) is 30.3 Å². The molecule has 8 nitrogen and oxygen atoms in total. The van der Waals surface area contributed by atoms with Crippen molar-refractivity contribution in [2.45, 2.75) is 67.9 Å². The average Bonchev–Trinajstić information content (AvgIpc) is 3.40. The molecule has 0 aliphatic carbocycles. The highest BCUT2D eigenvalue weighted by Crippen LogP contribution is 2.71. The van der Waals surface area contributed by atoms with Crippen LogP contribution in [0.2, 0.25) is 0 Å². The van der Waals surface area contributed by atoms with Crippen LogP contribution in [-0.4, -0.2) is 70.2 Å². The van der Waals surface area contributed by atoms with Crippen molar-refractivity contribution >= 4 is 35.2 Å². The molecule has 2 bridgehead atoms. The summed E-state index contributed by atoms with van der Waals surface area (Å²) in [6.45, 7) is 4.68. The van der Waals surface area contributed by atoms with Gasteiger partial charge in [-0.3, -0.25) is 14.4 Å². The maximum absolute atomic E-state index is 13.9. The van der Waals surface area contributed by atoms with E-state index in [4.69, 9.17) is 14.6 Å². The van der Waals surface area contributed by atoms with E-state index in [-0.39, 0.29) is 31.0 Å². The van der Waals surface area contributed by atoms with Gasteiger partial charge in [-0.05, 0) is 63.8 Å². The van der Waals surface area contributed by atoms with Gasteiger partial charge in [0.1, 0.15) is 11.8 Å². The van der Waals surface area contributed by atoms with Crippen molar-refractivity contribution < 1.29 is 29.0 Å². The molecule has 3 saturated heterocycles. The van der Waals surface area contributed by atoms with Gasteiger partial charge >= 0.3 is 5.97 Å². The number of esters is 1. The third-order valence-electron chi connectivity index (χ3n) is 7.73. The standard InChI is InChI=1S/C26H36N2O6S/c1-4-34-24(32)20-19-23(31)28(15-7-5-6-8-16-29)21(26(19)14-13-25(20,2)35-26)22(30)27-17-9-11-18(33-3)12-10-17/h9-12,19-21,29H,4-8,13-16H2,1-3H3,(H,27,30)/t19-,20+,21?,25-,26?/m0/s1. The number of aliphatic hydroxyl groups is 1. The first-order valence-electron chi connectivity index (χ1n) is 12.5. The number of fused-ring (bicyclic) bond motifs is 1. The predicted molar refractivity (Wildman–Crippen MR) is 134 cm³/mol. The zero-order valence-electron chi connectivity index (χ0n) is 20.7. The second-order valence-electron chi connectivity index (χ2n) is 9.87. The summed E-state index contributed by atoms with van der Waals surface area (Å²) >= 11 is 1.64. The number of amides is 2. The second-order valence-corrected chi connectivity index (χ2v) is 11.8. The van der Waals surface area contributed by atoms with E-state index in [9.17, 15) is 14.4 Å². The van der Waals surface area contributed by atoms with Crippen molar-refractivity contribution in [2.75, 3.05) is 32.2 Å². The van der Waals surface area contributed by atoms with Crippen molar-refractivity contribution in [1.82, 2.24) is 4.90 Å². The van der Waals surface area contributed by atoms with Crippen molar-refractivity contribution in [2.24, 2.45) is 11.8 Å². The first kappa shape index (κ1) is 25.8. The Labute approximate surface area is 211 Å². The van der Waals surface area contributed by atoms with Crippen LogP contribution >= 0.6 is 11.8 Å². The molecule has 0 radical (unpaired) electrons. The van der Waals surface area contributed by atoms with E-state index in [1.165, 1.54) is 0 Å². The van der Waals surface area contributed by atoms with Gasteiger partial charge in [0, 0.05) is 23.6 Å². The number of hydrogen-bond acceptors (Lipinski definition) is 7. The topological polar surface area (TPSA) is 105 Å². The van der Waals surface area contributed by atoms with Gasteiger partial charge in [0.15, 0.2) is 0 Å². The molecule has 0 saturated carbocycles. The molecular formula is C26H36N2O6S. The number of aliphatic hydroxyl groups excluding tert-OH is 1. The summed E-state index contributed by atoms with van der Waals surface area (Å²) in [4.78, 5) is 42.4. The number of rotatable bonds is 11. The minimum Gasteiger partial charge on any atom is -0.497 e. The summed E-state index contributed by atoms with van der Waals surface area (Å²) < 4.78 is 9.56. The summed E-state index contributed by atoms with van der Waals surface area (Å²) in [5.74, 6) is -1.09. The van der Waals surface area contributed by atoms with E-state index in [0.29, 0.717) is 24.4 Å². The Hall–Kier alpha value is -2.26. The quantitative estimate of drug-likeness (QED) is 0.352.